The molecule has 1 amide bonds. The first-order valence-electron chi connectivity index (χ1n) is 10.2. The van der Waals surface area contributed by atoms with E-state index < -0.39 is 6.09 Å². The predicted octanol–water partition coefficient (Wildman–Crippen LogP) is 5.52. The van der Waals surface area contributed by atoms with Crippen LogP contribution < -0.4 is 4.90 Å². The smallest absolute Gasteiger partial charge is 0.415 e. The molecule has 0 radical (unpaired) electrons. The molecule has 4 nitrogen and oxygen atoms in total. The summed E-state index contributed by atoms with van der Waals surface area (Å²) in [6.07, 6.45) is 3.59. The average Bonchev–Trinajstić information content (AvgIpc) is 2.82. The summed E-state index contributed by atoms with van der Waals surface area (Å²) in [5.74, 6) is -0.118. The highest BCUT2D eigenvalue weighted by molar-refractivity contribution is 5.94. The number of hydrogen-bond donors (Lipinski definition) is 1. The molecule has 1 aliphatic rings. The fourth-order valence-corrected chi connectivity index (χ4v) is 3.73. The summed E-state index contributed by atoms with van der Waals surface area (Å²) in [4.78, 5) is 14.8. The number of rotatable bonds is 5. The second kappa shape index (κ2) is 8.97. The van der Waals surface area contributed by atoms with Crippen molar-refractivity contribution in [2.24, 2.45) is 5.92 Å². The molecule has 3 aromatic carbocycles. The van der Waals surface area contributed by atoms with Gasteiger partial charge in [0.15, 0.2) is 0 Å². The summed E-state index contributed by atoms with van der Waals surface area (Å²) >= 11 is 0. The van der Waals surface area contributed by atoms with Crippen molar-refractivity contribution in [3.05, 3.63) is 96.1 Å². The third-order valence-corrected chi connectivity index (χ3v) is 5.44. The molecule has 0 saturated heterocycles. The summed E-state index contributed by atoms with van der Waals surface area (Å²) in [5.41, 5.74) is 4.89. The third kappa shape index (κ3) is 4.14. The first-order valence-corrected chi connectivity index (χ1v) is 10.2. The van der Waals surface area contributed by atoms with Crippen molar-refractivity contribution >= 4 is 17.9 Å². The monoisotopic (exact) mass is 399 g/mol. The molecule has 0 bridgehead atoms. The molecular weight excluding hydrogens is 374 g/mol. The van der Waals surface area contributed by atoms with Crippen LogP contribution in [-0.2, 0) is 11.3 Å². The van der Waals surface area contributed by atoms with Crippen molar-refractivity contribution in [3.63, 3.8) is 0 Å². The van der Waals surface area contributed by atoms with E-state index in [1.807, 2.05) is 79.7 Å². The number of hydrogen-bond acceptors (Lipinski definition) is 3. The van der Waals surface area contributed by atoms with Crippen molar-refractivity contribution in [2.75, 3.05) is 11.5 Å². The minimum atomic E-state index is -0.415. The van der Waals surface area contributed by atoms with E-state index in [2.05, 4.69) is 18.2 Å². The van der Waals surface area contributed by atoms with E-state index in [1.165, 1.54) is 0 Å². The van der Waals surface area contributed by atoms with Crippen molar-refractivity contribution in [2.45, 2.75) is 19.6 Å². The lowest BCUT2D eigenvalue weighted by atomic mass is 9.93. The van der Waals surface area contributed by atoms with E-state index in [9.17, 15) is 9.90 Å². The molecule has 0 aromatic heterocycles. The number of benzene rings is 3. The van der Waals surface area contributed by atoms with Gasteiger partial charge in [-0.15, -0.1) is 0 Å². The van der Waals surface area contributed by atoms with E-state index in [1.54, 1.807) is 4.90 Å². The van der Waals surface area contributed by atoms with Crippen LogP contribution in [0, 0.1) is 5.92 Å². The van der Waals surface area contributed by atoms with Crippen LogP contribution in [0.25, 0.3) is 17.2 Å². The molecule has 1 heterocycles. The normalized spacial score (nSPS) is 16.1. The number of aliphatic hydroxyl groups excluding tert-OH is 1. The van der Waals surface area contributed by atoms with E-state index >= 15 is 0 Å². The zero-order valence-corrected chi connectivity index (χ0v) is 16.9. The maximum absolute atomic E-state index is 13.1. The van der Waals surface area contributed by atoms with Crippen LogP contribution in [-0.4, -0.2) is 23.8 Å². The number of aliphatic hydroxyl groups is 1. The Balaban J connectivity index is 1.64. The van der Waals surface area contributed by atoms with Crippen molar-refractivity contribution in [1.29, 1.82) is 0 Å². The van der Waals surface area contributed by atoms with Gasteiger partial charge in [-0.25, -0.2) is 4.79 Å². The number of carbonyl (C=O) groups is 1. The van der Waals surface area contributed by atoms with Crippen molar-refractivity contribution in [1.82, 2.24) is 0 Å². The van der Waals surface area contributed by atoms with Crippen LogP contribution >= 0.6 is 0 Å². The summed E-state index contributed by atoms with van der Waals surface area (Å²) < 4.78 is 5.64. The van der Waals surface area contributed by atoms with Crippen LogP contribution in [0.15, 0.2) is 84.9 Å². The van der Waals surface area contributed by atoms with Gasteiger partial charge in [-0.05, 0) is 34.4 Å². The Morgan fingerprint density at radius 1 is 1.00 bits per heavy atom. The lowest BCUT2D eigenvalue weighted by molar-refractivity contribution is 0.141. The molecule has 0 unspecified atom stereocenters. The standard InChI is InChI=1S/C26H25NO3/c1-19(17-28)24-14-13-23-16-22(21-10-6-3-7-11-21)12-15-25(23)27(24)26(29)30-18-20-8-4-2-5-9-20/h2-16,19,24,28H,17-18H2,1H3/t19-,24+/m1/s1. The summed E-state index contributed by atoms with van der Waals surface area (Å²) in [6, 6.07) is 25.6. The summed E-state index contributed by atoms with van der Waals surface area (Å²) in [6.45, 7) is 2.11. The molecule has 0 fully saturated rings. The number of fused-ring (bicyclic) bond motifs is 1. The van der Waals surface area contributed by atoms with Crippen LogP contribution in [0.1, 0.15) is 18.1 Å². The number of anilines is 1. The molecular formula is C26H25NO3. The van der Waals surface area contributed by atoms with Crippen LogP contribution in [0.2, 0.25) is 0 Å². The molecule has 4 heteroatoms. The Morgan fingerprint density at radius 3 is 2.40 bits per heavy atom. The Hall–Kier alpha value is -3.37. The van der Waals surface area contributed by atoms with Gasteiger partial charge in [0.2, 0.25) is 0 Å². The van der Waals surface area contributed by atoms with Gasteiger partial charge < -0.3 is 9.84 Å². The third-order valence-electron chi connectivity index (χ3n) is 5.44. The average molecular weight is 399 g/mol. The Labute approximate surface area is 177 Å². The maximum atomic E-state index is 13.1. The number of amides is 1. The molecule has 3 aromatic rings. The SMILES string of the molecule is C[C@H](CO)[C@@H]1C=Cc2cc(-c3ccccc3)ccc2N1C(=O)OCc1ccccc1. The van der Waals surface area contributed by atoms with Crippen LogP contribution in [0.5, 0.6) is 0 Å². The number of nitrogens with zero attached hydrogens (tertiary/aromatic N) is 1. The Morgan fingerprint density at radius 2 is 1.70 bits per heavy atom. The number of ether oxygens (including phenoxy) is 1. The summed E-state index contributed by atoms with van der Waals surface area (Å²) in [5, 5.41) is 9.72. The lowest BCUT2D eigenvalue weighted by Crippen LogP contribution is -2.45. The van der Waals surface area contributed by atoms with Gasteiger partial charge in [-0.1, -0.05) is 85.8 Å². The number of carbonyl (C=O) groups excluding carboxylic acids is 1. The van der Waals surface area contributed by atoms with E-state index in [4.69, 9.17) is 4.74 Å². The van der Waals surface area contributed by atoms with E-state index in [-0.39, 0.29) is 25.2 Å². The molecule has 1 N–H and O–H groups in total. The van der Waals surface area contributed by atoms with E-state index in [0.29, 0.717) is 0 Å². The first-order chi connectivity index (χ1) is 14.7. The summed E-state index contributed by atoms with van der Waals surface area (Å²) in [7, 11) is 0. The fraction of sp³-hybridized carbons (Fsp3) is 0.192. The molecule has 1 aliphatic heterocycles. The fourth-order valence-electron chi connectivity index (χ4n) is 3.73. The van der Waals surface area contributed by atoms with Crippen molar-refractivity contribution in [3.8, 4) is 11.1 Å². The van der Waals surface area contributed by atoms with Gasteiger partial charge in [0.05, 0.1) is 11.7 Å². The van der Waals surface area contributed by atoms with Gasteiger partial charge in [0.25, 0.3) is 0 Å². The molecule has 30 heavy (non-hydrogen) atoms. The highest BCUT2D eigenvalue weighted by Crippen LogP contribution is 2.35. The van der Waals surface area contributed by atoms with E-state index in [0.717, 1.165) is 27.9 Å². The first kappa shape index (κ1) is 19.9. The highest BCUT2D eigenvalue weighted by Gasteiger charge is 2.32. The van der Waals surface area contributed by atoms with Gasteiger partial charge >= 0.3 is 6.09 Å². The molecule has 0 aliphatic carbocycles. The minimum absolute atomic E-state index is 0.0189. The molecule has 2 atom stereocenters. The zero-order valence-electron chi connectivity index (χ0n) is 16.9. The lowest BCUT2D eigenvalue weighted by Gasteiger charge is -2.36. The topological polar surface area (TPSA) is 49.8 Å². The highest BCUT2D eigenvalue weighted by atomic mass is 16.6. The van der Waals surface area contributed by atoms with Gasteiger partial charge in [-0.3, -0.25) is 4.90 Å². The molecule has 0 spiro atoms. The molecule has 0 saturated carbocycles. The van der Waals surface area contributed by atoms with Gasteiger partial charge in [0, 0.05) is 12.5 Å². The largest absolute Gasteiger partial charge is 0.444 e. The van der Waals surface area contributed by atoms with Crippen LogP contribution in [0.3, 0.4) is 0 Å². The second-order valence-corrected chi connectivity index (χ2v) is 7.56. The molecule has 4 rings (SSSR count). The quantitative estimate of drug-likeness (QED) is 0.614. The van der Waals surface area contributed by atoms with Crippen molar-refractivity contribution < 1.29 is 14.6 Å². The van der Waals surface area contributed by atoms with Gasteiger partial charge in [0.1, 0.15) is 6.61 Å². The Kier molecular flexibility index (Phi) is 5.96. The predicted molar refractivity (Wildman–Crippen MR) is 120 cm³/mol. The van der Waals surface area contributed by atoms with Crippen LogP contribution in [0.4, 0.5) is 10.5 Å². The second-order valence-electron chi connectivity index (χ2n) is 7.56. The molecule has 152 valence electrons. The van der Waals surface area contributed by atoms with Gasteiger partial charge in [-0.2, -0.15) is 0 Å². The minimum Gasteiger partial charge on any atom is -0.444 e. The zero-order chi connectivity index (χ0) is 20.9. The Bertz CT molecular complexity index is 1030. The maximum Gasteiger partial charge on any atom is 0.415 e.